The van der Waals surface area contributed by atoms with Gasteiger partial charge in [0.25, 0.3) is 0 Å². The smallest absolute Gasteiger partial charge is 0.303 e. The number of carboxylic acids is 3. The van der Waals surface area contributed by atoms with Gasteiger partial charge in [0, 0.05) is 54.9 Å². The maximum absolute atomic E-state index is 10.3. The molecule has 0 unspecified atom stereocenters. The van der Waals surface area contributed by atoms with Gasteiger partial charge in [-0.15, -0.1) is 0 Å². The fourth-order valence-corrected chi connectivity index (χ4v) is 7.94. The van der Waals surface area contributed by atoms with E-state index in [1.807, 2.05) is 0 Å². The van der Waals surface area contributed by atoms with Crippen molar-refractivity contribution in [3.8, 4) is 0 Å². The number of hydrogen-bond acceptors (Lipinski definition) is 3. The molecule has 0 aliphatic rings. The summed E-state index contributed by atoms with van der Waals surface area (Å²) in [6.07, 6.45) is 60.6. The minimum Gasteiger partial charge on any atom is -0.481 e. The van der Waals surface area contributed by atoms with Crippen LogP contribution in [0.3, 0.4) is 0 Å². The van der Waals surface area contributed by atoms with Crippen molar-refractivity contribution in [2.45, 2.75) is 329 Å². The van der Waals surface area contributed by atoms with Crippen molar-refractivity contribution in [3.05, 3.63) is 0 Å². The van der Waals surface area contributed by atoms with Crippen molar-refractivity contribution in [2.24, 2.45) is 0 Å². The minimum atomic E-state index is -0.653. The van der Waals surface area contributed by atoms with Crippen LogP contribution in [-0.2, 0) is 14.4 Å². The topological polar surface area (TPSA) is 112 Å². The summed E-state index contributed by atoms with van der Waals surface area (Å²) in [7, 11) is 0. The van der Waals surface area contributed by atoms with Crippen LogP contribution >= 0.6 is 0 Å². The van der Waals surface area contributed by atoms with Crippen molar-refractivity contribution in [1.82, 2.24) is 0 Å². The molecule has 0 saturated heterocycles. The maximum Gasteiger partial charge on any atom is 0.303 e. The van der Waals surface area contributed by atoms with E-state index in [1.165, 1.54) is 250 Å². The first-order chi connectivity index (χ1) is 29.3. The van der Waals surface area contributed by atoms with Crippen LogP contribution in [0.15, 0.2) is 0 Å². The summed E-state index contributed by atoms with van der Waals surface area (Å²) in [5.74, 6) is -1.96. The molecular weight excluding hydrogens is 883 g/mol. The van der Waals surface area contributed by atoms with Gasteiger partial charge in [0.2, 0.25) is 0 Å². The van der Waals surface area contributed by atoms with Crippen molar-refractivity contribution in [2.75, 3.05) is 0 Å². The number of unbranched alkanes of at least 4 members (excludes halogenated alkanes) is 42. The van der Waals surface area contributed by atoms with E-state index in [4.69, 9.17) is 15.3 Å². The summed E-state index contributed by atoms with van der Waals surface area (Å²) in [6, 6.07) is 0. The number of hydrogen-bond donors (Lipinski definition) is 3. The van der Waals surface area contributed by atoms with Gasteiger partial charge >= 0.3 is 17.9 Å². The second-order valence-electron chi connectivity index (χ2n) is 18.3. The SMILES string of the molecule is CCCCCCCCCCCCCCCCCC(=O)O.CCCCCCCCCCCCCCCCCC(=O)O.CCCCCCCCCCCCCCCCCC(=O)O.[La]. The standard InChI is InChI=1S/3C18H36O2.La/c3*1-2-3-4-5-6-7-8-9-10-11-12-13-14-15-16-17-18(19)20;/h3*2-17H2,1H3,(H,19,20);. The summed E-state index contributed by atoms with van der Waals surface area (Å²) < 4.78 is 0. The summed E-state index contributed by atoms with van der Waals surface area (Å²) in [6.45, 7) is 6.81. The molecule has 0 aromatic heterocycles. The normalized spacial score (nSPS) is 10.7. The van der Waals surface area contributed by atoms with Crippen LogP contribution in [0.5, 0.6) is 0 Å². The first-order valence-corrected chi connectivity index (χ1v) is 27.0. The van der Waals surface area contributed by atoms with Gasteiger partial charge in [0.05, 0.1) is 0 Å². The molecule has 0 aromatic carbocycles. The van der Waals surface area contributed by atoms with Crippen LogP contribution < -0.4 is 0 Å². The molecule has 3 N–H and O–H groups in total. The predicted octanol–water partition coefficient (Wildman–Crippen LogP) is 19.0. The van der Waals surface area contributed by atoms with Gasteiger partial charge < -0.3 is 15.3 Å². The van der Waals surface area contributed by atoms with E-state index < -0.39 is 17.9 Å². The summed E-state index contributed by atoms with van der Waals surface area (Å²) >= 11 is 0. The Balaban J connectivity index is -0.000000396. The molecule has 0 rings (SSSR count). The molecule has 6 nitrogen and oxygen atoms in total. The molecule has 61 heavy (non-hydrogen) atoms. The van der Waals surface area contributed by atoms with Crippen molar-refractivity contribution >= 4 is 17.9 Å². The first kappa shape index (κ1) is 67.2. The molecular formula is C54H108LaO6. The fourth-order valence-electron chi connectivity index (χ4n) is 7.94. The Hall–Kier alpha value is -0.395. The molecule has 0 spiro atoms. The molecule has 1 radical (unpaired) electrons. The molecule has 0 amide bonds. The molecule has 0 saturated carbocycles. The van der Waals surface area contributed by atoms with Gasteiger partial charge in [-0.3, -0.25) is 14.4 Å². The van der Waals surface area contributed by atoms with Gasteiger partial charge in [-0.05, 0) is 19.3 Å². The first-order valence-electron chi connectivity index (χ1n) is 27.0. The van der Waals surface area contributed by atoms with Gasteiger partial charge in [0.15, 0.2) is 0 Å². The van der Waals surface area contributed by atoms with E-state index in [-0.39, 0.29) is 35.6 Å². The van der Waals surface area contributed by atoms with Crippen LogP contribution in [0, 0.1) is 35.6 Å². The van der Waals surface area contributed by atoms with Crippen molar-refractivity contribution in [1.29, 1.82) is 0 Å². The van der Waals surface area contributed by atoms with Crippen molar-refractivity contribution in [3.63, 3.8) is 0 Å². The van der Waals surface area contributed by atoms with E-state index in [0.29, 0.717) is 19.3 Å². The molecule has 0 aliphatic carbocycles. The van der Waals surface area contributed by atoms with E-state index in [2.05, 4.69) is 20.8 Å². The van der Waals surface area contributed by atoms with E-state index in [1.54, 1.807) is 0 Å². The number of carboxylic acid groups (broad SMARTS) is 3. The van der Waals surface area contributed by atoms with Crippen LogP contribution in [0.2, 0.25) is 0 Å². The third kappa shape index (κ3) is 77.2. The average Bonchev–Trinajstić information content (AvgIpc) is 3.22. The van der Waals surface area contributed by atoms with Crippen LogP contribution in [0.1, 0.15) is 329 Å². The molecule has 0 bridgehead atoms. The second kappa shape index (κ2) is 63.9. The Morgan fingerprint density at radius 1 is 0.213 bits per heavy atom. The summed E-state index contributed by atoms with van der Waals surface area (Å²) in [5, 5.41) is 25.6. The summed E-state index contributed by atoms with van der Waals surface area (Å²) in [4.78, 5) is 31.0. The monoisotopic (exact) mass is 992 g/mol. The quantitative estimate of drug-likeness (QED) is 0.0524. The third-order valence-electron chi connectivity index (χ3n) is 12.0. The van der Waals surface area contributed by atoms with Crippen LogP contribution in [-0.4, -0.2) is 33.2 Å². The maximum atomic E-state index is 10.3. The van der Waals surface area contributed by atoms with Crippen molar-refractivity contribution < 1.29 is 65.3 Å². The number of carbonyl (C=O) groups is 3. The fraction of sp³-hybridized carbons (Fsp3) is 0.944. The zero-order valence-electron chi connectivity index (χ0n) is 41.6. The Labute approximate surface area is 409 Å². The van der Waals surface area contributed by atoms with Crippen LogP contribution in [0.4, 0.5) is 0 Å². The minimum absolute atomic E-state index is 0. The van der Waals surface area contributed by atoms with Gasteiger partial charge in [0.1, 0.15) is 0 Å². The van der Waals surface area contributed by atoms with E-state index >= 15 is 0 Å². The van der Waals surface area contributed by atoms with Gasteiger partial charge in [-0.2, -0.15) is 0 Å². The molecule has 0 heterocycles. The molecule has 7 heteroatoms. The second-order valence-corrected chi connectivity index (χ2v) is 18.3. The Bertz CT molecular complexity index is 717. The molecule has 0 fully saturated rings. The Morgan fingerprint density at radius 3 is 0.410 bits per heavy atom. The number of rotatable bonds is 48. The van der Waals surface area contributed by atoms with Gasteiger partial charge in [-0.25, -0.2) is 0 Å². The third-order valence-corrected chi connectivity index (χ3v) is 12.0. The largest absolute Gasteiger partial charge is 0.481 e. The summed E-state index contributed by atoms with van der Waals surface area (Å²) in [5.41, 5.74) is 0. The van der Waals surface area contributed by atoms with Crippen LogP contribution in [0.25, 0.3) is 0 Å². The van der Waals surface area contributed by atoms with E-state index in [0.717, 1.165) is 38.5 Å². The predicted molar refractivity (Wildman–Crippen MR) is 262 cm³/mol. The number of aliphatic carboxylic acids is 3. The Morgan fingerprint density at radius 2 is 0.311 bits per heavy atom. The molecule has 0 aromatic rings. The van der Waals surface area contributed by atoms with E-state index in [9.17, 15) is 14.4 Å². The molecule has 0 atom stereocenters. The Kier molecular flexibility index (Phi) is 70.4. The molecule has 363 valence electrons. The zero-order chi connectivity index (χ0) is 44.7. The average molecular weight is 992 g/mol. The molecule has 0 aliphatic heterocycles. The zero-order valence-corrected chi connectivity index (χ0v) is 45.2. The van der Waals surface area contributed by atoms with Gasteiger partial charge in [-0.1, -0.05) is 290 Å².